The highest BCUT2D eigenvalue weighted by molar-refractivity contribution is 5.93. The fraction of sp³-hybridized carbons (Fsp3) is 0.727. The van der Waals surface area contributed by atoms with Gasteiger partial charge >= 0.3 is 5.97 Å². The second-order valence-corrected chi connectivity index (χ2v) is 8.91. The van der Waals surface area contributed by atoms with Gasteiger partial charge in [0.05, 0.1) is 19.8 Å². The number of aromatic nitrogens is 1. The molecule has 2 aliphatic heterocycles. The van der Waals surface area contributed by atoms with Crippen LogP contribution in [-0.2, 0) is 9.47 Å². The number of morpholine rings is 1. The first-order valence-electron chi connectivity index (χ1n) is 10.8. The number of hydrogen-bond donors (Lipinski definition) is 1. The number of fused-ring (bicyclic) bond motifs is 1. The van der Waals surface area contributed by atoms with Gasteiger partial charge in [-0.1, -0.05) is 0 Å². The number of methoxy groups -OCH3 is 1. The first kappa shape index (κ1) is 20.6. The van der Waals surface area contributed by atoms with E-state index >= 15 is 0 Å². The molecule has 0 bridgehead atoms. The Kier molecular flexibility index (Phi) is 6.08. The molecule has 1 saturated carbocycles. The average Bonchev–Trinajstić information content (AvgIpc) is 2.73. The van der Waals surface area contributed by atoms with Gasteiger partial charge in [-0.15, -0.1) is 0 Å². The third-order valence-corrected chi connectivity index (χ3v) is 7.19. The summed E-state index contributed by atoms with van der Waals surface area (Å²) in [5.74, 6) is 0.298. The van der Waals surface area contributed by atoms with E-state index in [-0.39, 0.29) is 5.41 Å². The molecule has 3 fully saturated rings. The van der Waals surface area contributed by atoms with Crippen molar-refractivity contribution in [3.63, 3.8) is 0 Å². The van der Waals surface area contributed by atoms with E-state index in [4.69, 9.17) is 9.47 Å². The maximum atomic E-state index is 11.8. The van der Waals surface area contributed by atoms with Crippen molar-refractivity contribution in [1.29, 1.82) is 0 Å². The molecule has 0 unspecified atom stereocenters. The van der Waals surface area contributed by atoms with Crippen LogP contribution in [0.15, 0.2) is 12.1 Å². The molecule has 3 heterocycles. The molecule has 1 aromatic rings. The summed E-state index contributed by atoms with van der Waals surface area (Å²) in [7, 11) is 1.78. The first-order valence-corrected chi connectivity index (χ1v) is 10.8. The molecule has 7 heteroatoms. The number of anilines is 1. The Hall–Kier alpha value is -1.70. The lowest BCUT2D eigenvalue weighted by Gasteiger charge is -2.54. The number of carbonyl (C=O) groups is 1. The van der Waals surface area contributed by atoms with Crippen LogP contribution in [0.4, 0.5) is 5.82 Å². The zero-order valence-electron chi connectivity index (χ0n) is 17.6. The van der Waals surface area contributed by atoms with Crippen molar-refractivity contribution in [3.05, 3.63) is 23.4 Å². The van der Waals surface area contributed by atoms with Crippen molar-refractivity contribution in [2.75, 3.05) is 58.0 Å². The molecular weight excluding hydrogens is 370 g/mol. The Morgan fingerprint density at radius 3 is 2.83 bits per heavy atom. The van der Waals surface area contributed by atoms with Crippen molar-refractivity contribution < 1.29 is 19.4 Å². The van der Waals surface area contributed by atoms with Crippen LogP contribution in [0.3, 0.4) is 0 Å². The highest BCUT2D eigenvalue weighted by atomic mass is 16.5. The maximum absolute atomic E-state index is 11.8. The van der Waals surface area contributed by atoms with Gasteiger partial charge in [-0.25, -0.2) is 9.78 Å². The molecular formula is C22H33N3O4. The molecule has 1 aromatic heterocycles. The molecule has 0 spiro atoms. The van der Waals surface area contributed by atoms with E-state index in [9.17, 15) is 9.90 Å². The van der Waals surface area contributed by atoms with Crippen LogP contribution >= 0.6 is 0 Å². The van der Waals surface area contributed by atoms with Gasteiger partial charge in [0, 0.05) is 50.4 Å². The predicted octanol–water partition coefficient (Wildman–Crippen LogP) is 2.43. The van der Waals surface area contributed by atoms with Gasteiger partial charge in [0.25, 0.3) is 0 Å². The predicted molar refractivity (Wildman–Crippen MR) is 111 cm³/mol. The van der Waals surface area contributed by atoms with Crippen molar-refractivity contribution in [3.8, 4) is 0 Å². The summed E-state index contributed by atoms with van der Waals surface area (Å²) in [6.45, 7) is 8.07. The van der Waals surface area contributed by atoms with E-state index < -0.39 is 5.97 Å². The minimum atomic E-state index is -0.911. The smallest absolute Gasteiger partial charge is 0.339 e. The fourth-order valence-corrected chi connectivity index (χ4v) is 5.69. The molecule has 4 rings (SSSR count). The van der Waals surface area contributed by atoms with Crippen LogP contribution in [0.2, 0.25) is 0 Å². The second kappa shape index (κ2) is 8.58. The highest BCUT2D eigenvalue weighted by Crippen LogP contribution is 2.48. The number of nitrogens with zero attached hydrogens (tertiary/aromatic N) is 3. The van der Waals surface area contributed by atoms with Gasteiger partial charge in [-0.2, -0.15) is 0 Å². The number of hydrogen-bond acceptors (Lipinski definition) is 6. The summed E-state index contributed by atoms with van der Waals surface area (Å²) >= 11 is 0. The number of carboxylic acids is 1. The lowest BCUT2D eigenvalue weighted by atomic mass is 9.61. The molecule has 3 aliphatic rings. The summed E-state index contributed by atoms with van der Waals surface area (Å²) in [6.07, 6.45) is 4.53. The summed E-state index contributed by atoms with van der Waals surface area (Å²) in [5.41, 5.74) is 1.21. The van der Waals surface area contributed by atoms with Crippen molar-refractivity contribution in [2.45, 2.75) is 38.6 Å². The SMILES string of the molecule is COC[C@@]12CC[C@@H](N3CCOCC3)C[C@H]1CCN(c1nc(C)ccc1C(=O)O)C2. The van der Waals surface area contributed by atoms with Gasteiger partial charge in [0.1, 0.15) is 11.4 Å². The molecule has 160 valence electrons. The second-order valence-electron chi connectivity index (χ2n) is 8.91. The molecule has 0 radical (unpaired) electrons. The van der Waals surface area contributed by atoms with Crippen molar-refractivity contribution >= 4 is 11.8 Å². The molecule has 7 nitrogen and oxygen atoms in total. The Bertz CT molecular complexity index is 737. The maximum Gasteiger partial charge on any atom is 0.339 e. The standard InChI is InChI=1S/C22H33N3O4/c1-16-3-4-19(21(26)27)20(23-16)25-8-6-17-13-18(24-9-11-29-12-10-24)5-7-22(17,14-25)15-28-2/h3-4,17-18H,5-15H2,1-2H3,(H,26,27)/t17-,18-,22+/m1/s1. The molecule has 1 aliphatic carbocycles. The Morgan fingerprint density at radius 1 is 1.31 bits per heavy atom. The Morgan fingerprint density at radius 2 is 2.10 bits per heavy atom. The van der Waals surface area contributed by atoms with E-state index in [1.807, 2.05) is 6.92 Å². The normalized spacial score (nSPS) is 30.8. The van der Waals surface area contributed by atoms with E-state index in [0.29, 0.717) is 23.3 Å². The Balaban J connectivity index is 1.55. The fourth-order valence-electron chi connectivity index (χ4n) is 5.69. The molecule has 2 saturated heterocycles. The Labute approximate surface area is 173 Å². The lowest BCUT2D eigenvalue weighted by Crippen LogP contribution is -2.57. The molecule has 0 aromatic carbocycles. The minimum Gasteiger partial charge on any atom is -0.478 e. The number of piperidine rings is 1. The van der Waals surface area contributed by atoms with E-state index in [1.54, 1.807) is 19.2 Å². The number of rotatable bonds is 5. The largest absolute Gasteiger partial charge is 0.478 e. The number of aromatic carboxylic acids is 1. The van der Waals surface area contributed by atoms with E-state index in [0.717, 1.165) is 64.5 Å². The van der Waals surface area contributed by atoms with Gasteiger partial charge < -0.3 is 19.5 Å². The molecule has 0 amide bonds. The minimum absolute atomic E-state index is 0.0665. The monoisotopic (exact) mass is 403 g/mol. The van der Waals surface area contributed by atoms with Crippen LogP contribution in [0.25, 0.3) is 0 Å². The van der Waals surface area contributed by atoms with Gasteiger partial charge in [0.15, 0.2) is 0 Å². The first-order chi connectivity index (χ1) is 14.0. The topological polar surface area (TPSA) is 75.1 Å². The number of carboxylic acid groups (broad SMARTS) is 1. The third kappa shape index (κ3) is 4.13. The zero-order chi connectivity index (χ0) is 20.4. The average molecular weight is 404 g/mol. The van der Waals surface area contributed by atoms with Gasteiger partial charge in [0.2, 0.25) is 0 Å². The van der Waals surface area contributed by atoms with Gasteiger partial charge in [-0.05, 0) is 50.7 Å². The summed E-state index contributed by atoms with van der Waals surface area (Å²) in [4.78, 5) is 21.2. The van der Waals surface area contributed by atoms with E-state index in [2.05, 4.69) is 14.8 Å². The van der Waals surface area contributed by atoms with Crippen LogP contribution in [-0.4, -0.2) is 80.1 Å². The van der Waals surface area contributed by atoms with Gasteiger partial charge in [-0.3, -0.25) is 4.90 Å². The third-order valence-electron chi connectivity index (χ3n) is 7.19. The summed E-state index contributed by atoms with van der Waals surface area (Å²) in [5, 5.41) is 9.66. The quantitative estimate of drug-likeness (QED) is 0.809. The van der Waals surface area contributed by atoms with Crippen molar-refractivity contribution in [2.24, 2.45) is 11.3 Å². The van der Waals surface area contributed by atoms with E-state index in [1.165, 1.54) is 12.8 Å². The number of aryl methyl sites for hydroxylation is 1. The zero-order valence-corrected chi connectivity index (χ0v) is 17.6. The summed E-state index contributed by atoms with van der Waals surface area (Å²) in [6, 6.07) is 4.09. The van der Waals surface area contributed by atoms with Crippen molar-refractivity contribution in [1.82, 2.24) is 9.88 Å². The number of ether oxygens (including phenoxy) is 2. The summed E-state index contributed by atoms with van der Waals surface area (Å²) < 4.78 is 11.2. The number of pyridine rings is 1. The molecule has 1 N–H and O–H groups in total. The lowest BCUT2D eigenvalue weighted by molar-refractivity contribution is -0.0540. The molecule has 29 heavy (non-hydrogen) atoms. The van der Waals surface area contributed by atoms with Crippen LogP contribution in [0, 0.1) is 18.3 Å². The van der Waals surface area contributed by atoms with Crippen LogP contribution in [0.1, 0.15) is 41.7 Å². The van der Waals surface area contributed by atoms with Crippen LogP contribution in [0.5, 0.6) is 0 Å². The molecule has 3 atom stereocenters. The highest BCUT2D eigenvalue weighted by Gasteiger charge is 2.48. The van der Waals surface area contributed by atoms with Crippen LogP contribution < -0.4 is 4.90 Å².